The quantitative estimate of drug-likeness (QED) is 0.820. The summed E-state index contributed by atoms with van der Waals surface area (Å²) >= 11 is 0. The van der Waals surface area contributed by atoms with Crippen molar-refractivity contribution < 1.29 is 17.9 Å². The Morgan fingerprint density at radius 1 is 1.36 bits per heavy atom. The molecule has 1 rings (SSSR count). The number of ether oxygens (including phenoxy) is 1. The number of nitrogens with two attached hydrogens (primary N) is 1. The van der Waals surface area contributed by atoms with E-state index < -0.39 is 18.3 Å². The number of alkyl halides is 2. The molecule has 0 amide bonds. The molecule has 0 bridgehead atoms. The highest BCUT2D eigenvalue weighted by Gasteiger charge is 2.18. The topological polar surface area (TPSA) is 35.2 Å². The van der Waals surface area contributed by atoms with Crippen molar-refractivity contribution >= 4 is 0 Å². The zero-order chi connectivity index (χ0) is 10.7. The van der Waals surface area contributed by atoms with Gasteiger partial charge < -0.3 is 10.5 Å². The highest BCUT2D eigenvalue weighted by Crippen LogP contribution is 2.24. The van der Waals surface area contributed by atoms with Gasteiger partial charge in [-0.05, 0) is 17.7 Å². The fourth-order valence-corrected chi connectivity index (χ4v) is 1.03. The molecule has 0 aliphatic carbocycles. The zero-order valence-corrected chi connectivity index (χ0v) is 7.51. The highest BCUT2D eigenvalue weighted by atomic mass is 19.3. The van der Waals surface area contributed by atoms with Crippen molar-refractivity contribution in [2.24, 2.45) is 5.73 Å². The standard InChI is InChI=1S/C9H10F3NO/c1-14-7-4-5(2-3-6(7)10)8(13)9(11)12/h2-4,8-9H,13H2,1H3/t8-/m1/s1. The van der Waals surface area contributed by atoms with Crippen LogP contribution in [-0.2, 0) is 0 Å². The van der Waals surface area contributed by atoms with Crippen molar-refractivity contribution in [1.82, 2.24) is 0 Å². The van der Waals surface area contributed by atoms with Crippen molar-refractivity contribution in [3.8, 4) is 5.75 Å². The molecule has 78 valence electrons. The van der Waals surface area contributed by atoms with Gasteiger partial charge in [-0.2, -0.15) is 0 Å². The monoisotopic (exact) mass is 205 g/mol. The van der Waals surface area contributed by atoms with Gasteiger partial charge in [-0.25, -0.2) is 13.2 Å². The Hall–Kier alpha value is -1.23. The molecule has 1 aromatic carbocycles. The van der Waals surface area contributed by atoms with E-state index in [1.807, 2.05) is 0 Å². The van der Waals surface area contributed by atoms with Gasteiger partial charge in [0.2, 0.25) is 0 Å². The molecule has 0 aliphatic rings. The van der Waals surface area contributed by atoms with Crippen LogP contribution in [-0.4, -0.2) is 13.5 Å². The van der Waals surface area contributed by atoms with E-state index in [1.165, 1.54) is 19.2 Å². The summed E-state index contributed by atoms with van der Waals surface area (Å²) in [7, 11) is 1.26. The molecule has 0 aromatic heterocycles. The number of halogens is 3. The van der Waals surface area contributed by atoms with E-state index >= 15 is 0 Å². The van der Waals surface area contributed by atoms with Crippen LogP contribution in [0.4, 0.5) is 13.2 Å². The van der Waals surface area contributed by atoms with Gasteiger partial charge in [-0.1, -0.05) is 6.07 Å². The van der Waals surface area contributed by atoms with Gasteiger partial charge in [0, 0.05) is 0 Å². The Bertz CT molecular complexity index is 317. The van der Waals surface area contributed by atoms with E-state index in [4.69, 9.17) is 5.73 Å². The van der Waals surface area contributed by atoms with Crippen LogP contribution in [0.3, 0.4) is 0 Å². The van der Waals surface area contributed by atoms with Gasteiger partial charge >= 0.3 is 0 Å². The zero-order valence-electron chi connectivity index (χ0n) is 7.51. The van der Waals surface area contributed by atoms with Gasteiger partial charge in [0.1, 0.15) is 0 Å². The van der Waals surface area contributed by atoms with E-state index in [0.717, 1.165) is 6.07 Å². The van der Waals surface area contributed by atoms with Crippen LogP contribution in [0.5, 0.6) is 5.75 Å². The molecule has 0 radical (unpaired) electrons. The lowest BCUT2D eigenvalue weighted by molar-refractivity contribution is 0.116. The Kier molecular flexibility index (Phi) is 3.35. The smallest absolute Gasteiger partial charge is 0.257 e. The van der Waals surface area contributed by atoms with E-state index in [1.54, 1.807) is 0 Å². The number of benzene rings is 1. The van der Waals surface area contributed by atoms with Crippen molar-refractivity contribution in [3.05, 3.63) is 29.6 Å². The summed E-state index contributed by atoms with van der Waals surface area (Å²) in [6, 6.07) is 2.03. The molecule has 0 saturated heterocycles. The first-order chi connectivity index (χ1) is 6.56. The predicted molar refractivity (Wildman–Crippen MR) is 45.9 cm³/mol. The van der Waals surface area contributed by atoms with Gasteiger partial charge in [-0.15, -0.1) is 0 Å². The minimum atomic E-state index is -2.68. The molecule has 0 unspecified atom stereocenters. The average molecular weight is 205 g/mol. The lowest BCUT2D eigenvalue weighted by Crippen LogP contribution is -2.18. The number of hydrogen-bond donors (Lipinski definition) is 1. The molecule has 1 aromatic rings. The summed E-state index contributed by atoms with van der Waals surface area (Å²) in [6.07, 6.45) is -2.68. The molecule has 1 atom stereocenters. The Morgan fingerprint density at radius 2 is 2.00 bits per heavy atom. The van der Waals surface area contributed by atoms with Crippen LogP contribution in [0.15, 0.2) is 18.2 Å². The largest absolute Gasteiger partial charge is 0.494 e. The van der Waals surface area contributed by atoms with Crippen molar-refractivity contribution in [3.63, 3.8) is 0 Å². The lowest BCUT2D eigenvalue weighted by atomic mass is 10.1. The molecule has 0 fully saturated rings. The third-order valence-electron chi connectivity index (χ3n) is 1.83. The predicted octanol–water partition coefficient (Wildman–Crippen LogP) is 2.10. The lowest BCUT2D eigenvalue weighted by Gasteiger charge is -2.12. The Morgan fingerprint density at radius 3 is 2.50 bits per heavy atom. The Balaban J connectivity index is 3.00. The van der Waals surface area contributed by atoms with E-state index in [0.29, 0.717) is 0 Å². The fourth-order valence-electron chi connectivity index (χ4n) is 1.03. The van der Waals surface area contributed by atoms with Crippen LogP contribution in [0, 0.1) is 5.82 Å². The van der Waals surface area contributed by atoms with E-state index in [-0.39, 0.29) is 11.3 Å². The van der Waals surface area contributed by atoms with Crippen molar-refractivity contribution in [2.75, 3.05) is 7.11 Å². The maximum absolute atomic E-state index is 12.9. The third-order valence-corrected chi connectivity index (χ3v) is 1.83. The first-order valence-corrected chi connectivity index (χ1v) is 3.93. The summed E-state index contributed by atoms with van der Waals surface area (Å²) in [5.74, 6) is -0.684. The second kappa shape index (κ2) is 4.32. The molecule has 2 N–H and O–H groups in total. The van der Waals surface area contributed by atoms with Gasteiger partial charge in [0.05, 0.1) is 13.2 Å². The summed E-state index contributed by atoms with van der Waals surface area (Å²) in [6.45, 7) is 0. The minimum absolute atomic E-state index is 0.0846. The summed E-state index contributed by atoms with van der Waals surface area (Å²) in [5, 5.41) is 0. The van der Waals surface area contributed by atoms with Gasteiger partial charge in [-0.3, -0.25) is 0 Å². The number of hydrogen-bond acceptors (Lipinski definition) is 2. The van der Waals surface area contributed by atoms with Crippen molar-refractivity contribution in [2.45, 2.75) is 12.5 Å². The Labute approximate surface area is 79.5 Å². The molecule has 5 heteroatoms. The second-order valence-electron chi connectivity index (χ2n) is 2.75. The van der Waals surface area contributed by atoms with Crippen LogP contribution in [0.1, 0.15) is 11.6 Å². The number of rotatable bonds is 3. The highest BCUT2D eigenvalue weighted by molar-refractivity contribution is 5.32. The molecule has 14 heavy (non-hydrogen) atoms. The molecule has 2 nitrogen and oxygen atoms in total. The minimum Gasteiger partial charge on any atom is -0.494 e. The van der Waals surface area contributed by atoms with Gasteiger partial charge in [0.15, 0.2) is 11.6 Å². The van der Waals surface area contributed by atoms with Crippen LogP contribution >= 0.6 is 0 Å². The fraction of sp³-hybridized carbons (Fsp3) is 0.333. The van der Waals surface area contributed by atoms with Crippen molar-refractivity contribution in [1.29, 1.82) is 0 Å². The third kappa shape index (κ3) is 2.17. The van der Waals surface area contributed by atoms with Crippen LogP contribution in [0.25, 0.3) is 0 Å². The molecular weight excluding hydrogens is 195 g/mol. The van der Waals surface area contributed by atoms with E-state index in [2.05, 4.69) is 4.74 Å². The molecule has 0 spiro atoms. The maximum Gasteiger partial charge on any atom is 0.257 e. The maximum atomic E-state index is 12.9. The SMILES string of the molecule is COc1cc([C@@H](N)C(F)F)ccc1F. The molecule has 0 heterocycles. The van der Waals surface area contributed by atoms with Crippen LogP contribution in [0.2, 0.25) is 0 Å². The summed E-state index contributed by atoms with van der Waals surface area (Å²) in [5.41, 5.74) is 5.33. The molecule has 0 aliphatic heterocycles. The first kappa shape index (κ1) is 10.8. The van der Waals surface area contributed by atoms with Gasteiger partial charge in [0.25, 0.3) is 6.43 Å². The van der Waals surface area contributed by atoms with Crippen LogP contribution < -0.4 is 10.5 Å². The second-order valence-corrected chi connectivity index (χ2v) is 2.75. The van der Waals surface area contributed by atoms with E-state index in [9.17, 15) is 13.2 Å². The normalized spacial score (nSPS) is 13.0. The summed E-state index contributed by atoms with van der Waals surface area (Å²) < 4.78 is 41.9. The number of methoxy groups -OCH3 is 1. The average Bonchev–Trinajstić information content (AvgIpc) is 2.17. The summed E-state index contributed by atoms with van der Waals surface area (Å²) in [4.78, 5) is 0. The molecule has 0 saturated carbocycles. The first-order valence-electron chi connectivity index (χ1n) is 3.93. The molecular formula is C9H10F3NO.